The first-order valence-electron chi connectivity index (χ1n) is 13.2. The Kier molecular flexibility index (Phi) is 8.89. The smallest absolute Gasteiger partial charge is 0.188 e. The molecule has 8 nitrogen and oxygen atoms in total. The van der Waals surface area contributed by atoms with Gasteiger partial charge in [-0.3, -0.25) is 0 Å². The fraction of sp³-hybridized carbons (Fsp3) is 0. The van der Waals surface area contributed by atoms with Gasteiger partial charge in [0.1, 0.15) is 23.0 Å². The molecular formula is C32H20BrF2IN8. The molecule has 0 bridgehead atoms. The number of benzene rings is 5. The molecule has 216 valence electrons. The zero-order chi connectivity index (χ0) is 30.5. The summed E-state index contributed by atoms with van der Waals surface area (Å²) >= 11 is 5.79. The standard InChI is InChI=1S/C19H12BrFN4.C13H8FIN4/c20-16-10-4-3-8-14(16)13-7-1-2-9-15(13)19-22-23-24-25(19)18-12-6-5-11-17(18)21;14-10-6-2-4-8-12(10)19-13(16-17-18-19)9-5-1-3-7-11(9)15/h1-12H;1-8H. The molecule has 5 aromatic carbocycles. The minimum atomic E-state index is -0.380. The van der Waals surface area contributed by atoms with Gasteiger partial charge in [0.15, 0.2) is 11.6 Å². The third-order valence-corrected chi connectivity index (χ3v) is 8.18. The summed E-state index contributed by atoms with van der Waals surface area (Å²) in [5.74, 6) is 0.267. The minimum Gasteiger partial charge on any atom is -0.205 e. The van der Waals surface area contributed by atoms with Gasteiger partial charge in [0, 0.05) is 19.2 Å². The van der Waals surface area contributed by atoms with Crippen molar-refractivity contribution >= 4 is 38.5 Å². The van der Waals surface area contributed by atoms with E-state index in [1.807, 2.05) is 72.8 Å². The highest BCUT2D eigenvalue weighted by Gasteiger charge is 2.18. The highest BCUT2D eigenvalue weighted by atomic mass is 127. The minimum absolute atomic E-state index is 0.310. The van der Waals surface area contributed by atoms with Crippen LogP contribution in [0.1, 0.15) is 0 Å². The summed E-state index contributed by atoms with van der Waals surface area (Å²) in [6.45, 7) is 0. The van der Waals surface area contributed by atoms with Crippen LogP contribution in [0.25, 0.3) is 45.3 Å². The molecule has 12 heteroatoms. The SMILES string of the molecule is Fc1ccccc1-n1nnnc1-c1ccccc1-c1ccccc1Br.Fc1ccccc1-n1nnnc1-c1ccccc1I. The molecule has 0 N–H and O–H groups in total. The molecule has 0 aliphatic rings. The lowest BCUT2D eigenvalue weighted by molar-refractivity contribution is 0.607. The van der Waals surface area contributed by atoms with Crippen molar-refractivity contribution < 1.29 is 8.78 Å². The molecule has 7 aromatic rings. The van der Waals surface area contributed by atoms with Crippen molar-refractivity contribution in [2.24, 2.45) is 0 Å². The number of hydrogen-bond acceptors (Lipinski definition) is 6. The van der Waals surface area contributed by atoms with Gasteiger partial charge in [-0.2, -0.15) is 9.36 Å². The van der Waals surface area contributed by atoms with Gasteiger partial charge in [0.2, 0.25) is 0 Å². The first-order chi connectivity index (χ1) is 21.5. The van der Waals surface area contributed by atoms with E-state index in [1.54, 1.807) is 36.4 Å². The number of tetrazole rings is 2. The first-order valence-corrected chi connectivity index (χ1v) is 15.1. The Labute approximate surface area is 272 Å². The van der Waals surface area contributed by atoms with Crippen LogP contribution in [-0.2, 0) is 0 Å². The van der Waals surface area contributed by atoms with Crippen molar-refractivity contribution in [3.63, 3.8) is 0 Å². The van der Waals surface area contributed by atoms with Crippen LogP contribution < -0.4 is 0 Å². The van der Waals surface area contributed by atoms with Gasteiger partial charge in [-0.15, -0.1) is 10.2 Å². The number of para-hydroxylation sites is 2. The average molecular weight is 761 g/mol. The Morgan fingerprint density at radius 3 is 1.48 bits per heavy atom. The van der Waals surface area contributed by atoms with Gasteiger partial charge in [-0.1, -0.05) is 101 Å². The molecule has 0 saturated carbocycles. The highest BCUT2D eigenvalue weighted by molar-refractivity contribution is 14.1. The van der Waals surface area contributed by atoms with E-state index in [4.69, 9.17) is 0 Å². The topological polar surface area (TPSA) is 87.2 Å². The Morgan fingerprint density at radius 1 is 0.500 bits per heavy atom. The van der Waals surface area contributed by atoms with Crippen LogP contribution in [0.2, 0.25) is 0 Å². The monoisotopic (exact) mass is 760 g/mol. The quantitative estimate of drug-likeness (QED) is 0.166. The van der Waals surface area contributed by atoms with Gasteiger partial charge >= 0.3 is 0 Å². The molecule has 0 atom stereocenters. The van der Waals surface area contributed by atoms with Crippen LogP contribution in [0.3, 0.4) is 0 Å². The van der Waals surface area contributed by atoms with E-state index in [0.717, 1.165) is 30.3 Å². The lowest BCUT2D eigenvalue weighted by atomic mass is 9.99. The molecule has 44 heavy (non-hydrogen) atoms. The molecule has 0 aliphatic carbocycles. The summed E-state index contributed by atoms with van der Waals surface area (Å²) in [4.78, 5) is 0. The normalized spacial score (nSPS) is 10.7. The van der Waals surface area contributed by atoms with Crippen LogP contribution in [0.15, 0.2) is 126 Å². The van der Waals surface area contributed by atoms with Crippen molar-refractivity contribution in [1.82, 2.24) is 40.4 Å². The summed E-state index contributed by atoms with van der Waals surface area (Å²) in [6.07, 6.45) is 0. The van der Waals surface area contributed by atoms with E-state index in [9.17, 15) is 8.78 Å². The fourth-order valence-electron chi connectivity index (χ4n) is 4.52. The fourth-order valence-corrected chi connectivity index (χ4v) is 5.64. The second kappa shape index (κ2) is 13.3. The molecular weight excluding hydrogens is 741 g/mol. The molecule has 0 unspecified atom stereocenters. The number of hydrogen-bond donors (Lipinski definition) is 0. The summed E-state index contributed by atoms with van der Waals surface area (Å²) in [6, 6.07) is 36.2. The largest absolute Gasteiger partial charge is 0.205 e. The molecule has 0 fully saturated rings. The third kappa shape index (κ3) is 6.03. The number of rotatable bonds is 5. The van der Waals surface area contributed by atoms with E-state index in [2.05, 4.69) is 69.6 Å². The summed E-state index contributed by atoms with van der Waals surface area (Å²) < 4.78 is 32.8. The van der Waals surface area contributed by atoms with Gasteiger partial charge < -0.3 is 0 Å². The van der Waals surface area contributed by atoms with Crippen molar-refractivity contribution in [1.29, 1.82) is 0 Å². The first kappa shape index (κ1) is 29.4. The van der Waals surface area contributed by atoms with Crippen LogP contribution in [0.4, 0.5) is 8.78 Å². The molecule has 0 amide bonds. The maximum Gasteiger partial charge on any atom is 0.188 e. The van der Waals surface area contributed by atoms with Crippen molar-refractivity contribution in [3.05, 3.63) is 141 Å². The summed E-state index contributed by atoms with van der Waals surface area (Å²) in [5, 5.41) is 23.4. The number of halogens is 4. The Hall–Kier alpha value is -4.69. The second-order valence-corrected chi connectivity index (χ2v) is 11.3. The van der Waals surface area contributed by atoms with Crippen LogP contribution in [0.5, 0.6) is 0 Å². The van der Waals surface area contributed by atoms with Gasteiger partial charge in [0.25, 0.3) is 0 Å². The zero-order valence-electron chi connectivity index (χ0n) is 22.6. The van der Waals surface area contributed by atoms with Gasteiger partial charge in [-0.25, -0.2) is 8.78 Å². The van der Waals surface area contributed by atoms with Crippen LogP contribution in [-0.4, -0.2) is 40.4 Å². The summed E-state index contributed by atoms with van der Waals surface area (Å²) in [7, 11) is 0. The second-order valence-electron chi connectivity index (χ2n) is 9.24. The average Bonchev–Trinajstić information content (AvgIpc) is 3.73. The van der Waals surface area contributed by atoms with Crippen molar-refractivity contribution in [2.45, 2.75) is 0 Å². The molecule has 0 radical (unpaired) electrons. The molecule has 0 spiro atoms. The Morgan fingerprint density at radius 2 is 0.932 bits per heavy atom. The number of aromatic nitrogens is 8. The van der Waals surface area contributed by atoms with Crippen LogP contribution >= 0.6 is 38.5 Å². The molecule has 0 saturated heterocycles. The van der Waals surface area contributed by atoms with E-state index in [1.165, 1.54) is 21.5 Å². The number of nitrogens with zero attached hydrogens (tertiary/aromatic N) is 8. The zero-order valence-corrected chi connectivity index (χ0v) is 26.4. The summed E-state index contributed by atoms with van der Waals surface area (Å²) in [5.41, 5.74) is 4.31. The van der Waals surface area contributed by atoms with E-state index in [-0.39, 0.29) is 11.6 Å². The highest BCUT2D eigenvalue weighted by Crippen LogP contribution is 2.35. The van der Waals surface area contributed by atoms with Crippen molar-refractivity contribution in [2.75, 3.05) is 0 Å². The van der Waals surface area contributed by atoms with Gasteiger partial charge in [-0.05, 0) is 91.0 Å². The predicted octanol–water partition coefficient (Wildman–Crippen LogP) is 7.97. The van der Waals surface area contributed by atoms with E-state index in [0.29, 0.717) is 23.0 Å². The third-order valence-electron chi connectivity index (χ3n) is 6.55. The van der Waals surface area contributed by atoms with E-state index < -0.39 is 0 Å². The lowest BCUT2D eigenvalue weighted by Crippen LogP contribution is -2.03. The molecule has 2 aromatic heterocycles. The Bertz CT molecular complexity index is 2000. The predicted molar refractivity (Wildman–Crippen MR) is 175 cm³/mol. The Balaban J connectivity index is 0.000000162. The maximum absolute atomic E-state index is 14.2. The van der Waals surface area contributed by atoms with Gasteiger partial charge in [0.05, 0.1) is 0 Å². The maximum atomic E-state index is 14.2. The van der Waals surface area contributed by atoms with Crippen molar-refractivity contribution in [3.8, 4) is 45.3 Å². The van der Waals surface area contributed by atoms with Crippen LogP contribution in [0, 0.1) is 15.2 Å². The van der Waals surface area contributed by atoms with E-state index >= 15 is 0 Å². The molecule has 2 heterocycles. The molecule has 0 aliphatic heterocycles. The lowest BCUT2D eigenvalue weighted by Gasteiger charge is -2.11. The molecule has 7 rings (SSSR count).